The Bertz CT molecular complexity index is 1370. The van der Waals surface area contributed by atoms with Gasteiger partial charge >= 0.3 is 0 Å². The highest BCUT2D eigenvalue weighted by molar-refractivity contribution is 7.89. The van der Waals surface area contributed by atoms with Gasteiger partial charge in [0.1, 0.15) is 11.5 Å². The largest absolute Gasteiger partial charge is 0.355 e. The van der Waals surface area contributed by atoms with Gasteiger partial charge in [-0.3, -0.25) is 4.79 Å². The highest BCUT2D eigenvalue weighted by atomic mass is 32.2. The summed E-state index contributed by atoms with van der Waals surface area (Å²) in [6, 6.07) is 12.0. The predicted molar refractivity (Wildman–Crippen MR) is 133 cm³/mol. The summed E-state index contributed by atoms with van der Waals surface area (Å²) in [4.78, 5) is 12.8. The number of piperidine rings is 1. The molecule has 7 nitrogen and oxygen atoms in total. The number of sulfonamides is 1. The Morgan fingerprint density at radius 3 is 2.54 bits per heavy atom. The molecule has 0 bridgehead atoms. The van der Waals surface area contributed by atoms with Crippen LogP contribution in [0, 0.1) is 32.5 Å². The summed E-state index contributed by atoms with van der Waals surface area (Å²) >= 11 is 0. The molecule has 1 aliphatic rings. The van der Waals surface area contributed by atoms with Crippen LogP contribution in [0.4, 0.5) is 10.1 Å². The molecular formula is C26H28FN3O4S. The normalized spacial score (nSPS) is 15.5. The minimum absolute atomic E-state index is 0.0385. The zero-order valence-corrected chi connectivity index (χ0v) is 20.7. The van der Waals surface area contributed by atoms with E-state index in [0.717, 1.165) is 16.8 Å². The van der Waals surface area contributed by atoms with Gasteiger partial charge in [-0.1, -0.05) is 35.5 Å². The number of amides is 1. The molecule has 1 amide bonds. The average Bonchev–Trinajstić information content (AvgIpc) is 3.22. The van der Waals surface area contributed by atoms with E-state index in [0.29, 0.717) is 18.4 Å². The van der Waals surface area contributed by atoms with E-state index in [-0.39, 0.29) is 41.3 Å². The molecule has 1 N–H and O–H groups in total. The molecule has 1 aliphatic heterocycles. The van der Waals surface area contributed by atoms with Gasteiger partial charge in [0.25, 0.3) is 0 Å². The summed E-state index contributed by atoms with van der Waals surface area (Å²) in [6.45, 7) is 5.86. The number of anilines is 1. The van der Waals surface area contributed by atoms with Crippen LogP contribution < -0.4 is 5.32 Å². The van der Waals surface area contributed by atoms with Crippen LogP contribution in [0.2, 0.25) is 0 Å². The van der Waals surface area contributed by atoms with Crippen molar-refractivity contribution in [2.45, 2.75) is 38.5 Å². The monoisotopic (exact) mass is 497 g/mol. The molecule has 2 aromatic carbocycles. The van der Waals surface area contributed by atoms with Crippen molar-refractivity contribution in [2.75, 3.05) is 18.4 Å². The first kappa shape index (κ1) is 24.8. The van der Waals surface area contributed by atoms with E-state index in [1.807, 2.05) is 32.0 Å². The number of nitrogens with zero attached hydrogens (tertiary/aromatic N) is 2. The fraction of sp³-hybridized carbons (Fsp3) is 0.308. The van der Waals surface area contributed by atoms with E-state index in [4.69, 9.17) is 4.52 Å². The van der Waals surface area contributed by atoms with Crippen molar-refractivity contribution in [2.24, 2.45) is 5.92 Å². The van der Waals surface area contributed by atoms with Gasteiger partial charge in [0.05, 0.1) is 0 Å². The molecule has 0 atom stereocenters. The first-order valence-corrected chi connectivity index (χ1v) is 12.9. The van der Waals surface area contributed by atoms with E-state index in [9.17, 15) is 17.6 Å². The third-order valence-corrected chi connectivity index (χ3v) is 8.28. The van der Waals surface area contributed by atoms with Gasteiger partial charge in [0.15, 0.2) is 10.7 Å². The topological polar surface area (TPSA) is 92.5 Å². The van der Waals surface area contributed by atoms with Crippen molar-refractivity contribution >= 4 is 33.8 Å². The predicted octanol–water partition coefficient (Wildman–Crippen LogP) is 4.95. The van der Waals surface area contributed by atoms with Crippen LogP contribution in [0.15, 0.2) is 51.9 Å². The lowest BCUT2D eigenvalue weighted by Gasteiger charge is -2.30. The van der Waals surface area contributed by atoms with Crippen LogP contribution >= 0.6 is 0 Å². The van der Waals surface area contributed by atoms with E-state index in [1.54, 1.807) is 25.1 Å². The first-order valence-electron chi connectivity index (χ1n) is 11.4. The molecule has 1 aromatic heterocycles. The Morgan fingerprint density at radius 2 is 1.83 bits per heavy atom. The summed E-state index contributed by atoms with van der Waals surface area (Å²) < 4.78 is 47.4. The Morgan fingerprint density at radius 1 is 1.11 bits per heavy atom. The zero-order chi connectivity index (χ0) is 25.2. The minimum atomic E-state index is -3.91. The summed E-state index contributed by atoms with van der Waals surface area (Å²) in [5.74, 6) is -0.776. The van der Waals surface area contributed by atoms with Gasteiger partial charge < -0.3 is 9.84 Å². The zero-order valence-electron chi connectivity index (χ0n) is 19.9. The summed E-state index contributed by atoms with van der Waals surface area (Å²) in [5.41, 5.74) is 3.34. The molecule has 35 heavy (non-hydrogen) atoms. The number of aromatic nitrogens is 1. The molecule has 0 unspecified atom stereocenters. The fourth-order valence-corrected chi connectivity index (χ4v) is 5.89. The van der Waals surface area contributed by atoms with Crippen LogP contribution in [0.3, 0.4) is 0 Å². The lowest BCUT2D eigenvalue weighted by molar-refractivity contribution is -0.120. The van der Waals surface area contributed by atoms with Crippen LogP contribution in [-0.2, 0) is 14.8 Å². The second-order valence-electron chi connectivity index (χ2n) is 8.80. The smallest absolute Gasteiger partial charge is 0.248 e. The molecule has 1 saturated heterocycles. The molecule has 0 aliphatic carbocycles. The maximum absolute atomic E-state index is 13.9. The molecule has 4 rings (SSSR count). The van der Waals surface area contributed by atoms with Gasteiger partial charge in [-0.15, -0.1) is 0 Å². The summed E-state index contributed by atoms with van der Waals surface area (Å²) in [7, 11) is -3.91. The van der Waals surface area contributed by atoms with Crippen molar-refractivity contribution in [1.82, 2.24) is 9.46 Å². The number of aryl methyl sites for hydroxylation is 3. The Labute approximate surface area is 204 Å². The SMILES string of the molecule is Cc1ccc(C)c(NC(=O)C2CCN(S(=O)(=O)c3c(C)noc3C=Cc3ccccc3F)CC2)c1. The van der Waals surface area contributed by atoms with Crippen LogP contribution in [-0.4, -0.2) is 36.9 Å². The summed E-state index contributed by atoms with van der Waals surface area (Å²) in [6.07, 6.45) is 3.68. The number of carbonyl (C=O) groups is 1. The molecule has 0 spiro atoms. The number of hydrogen-bond donors (Lipinski definition) is 1. The molecule has 0 saturated carbocycles. The fourth-order valence-electron chi connectivity index (χ4n) is 4.17. The lowest BCUT2D eigenvalue weighted by Crippen LogP contribution is -2.41. The van der Waals surface area contributed by atoms with E-state index < -0.39 is 15.8 Å². The quantitative estimate of drug-likeness (QED) is 0.520. The van der Waals surface area contributed by atoms with E-state index >= 15 is 0 Å². The highest BCUT2D eigenvalue weighted by Gasteiger charge is 2.36. The van der Waals surface area contributed by atoms with Gasteiger partial charge in [0.2, 0.25) is 15.9 Å². The molecule has 2 heterocycles. The number of hydrogen-bond acceptors (Lipinski definition) is 5. The van der Waals surface area contributed by atoms with Crippen LogP contribution in [0.25, 0.3) is 12.2 Å². The Hall–Kier alpha value is -3.30. The molecule has 1 fully saturated rings. The molecule has 0 radical (unpaired) electrons. The number of nitrogens with one attached hydrogen (secondary N) is 1. The van der Waals surface area contributed by atoms with E-state index in [2.05, 4.69) is 10.5 Å². The van der Waals surface area contributed by atoms with Gasteiger partial charge in [-0.05, 0) is 69.0 Å². The van der Waals surface area contributed by atoms with Gasteiger partial charge in [-0.25, -0.2) is 12.8 Å². The standard InChI is InChI=1S/C26H28FN3O4S/c1-17-8-9-18(2)23(16-17)28-26(31)21-12-14-30(15-13-21)35(32,33)25-19(3)29-34-24(25)11-10-20-6-4-5-7-22(20)27/h4-11,16,21H,12-15H2,1-3H3,(H,28,31). The van der Waals surface area contributed by atoms with E-state index in [1.165, 1.54) is 22.5 Å². The van der Waals surface area contributed by atoms with Crippen LogP contribution in [0.1, 0.15) is 41.0 Å². The average molecular weight is 498 g/mol. The summed E-state index contributed by atoms with van der Waals surface area (Å²) in [5, 5.41) is 6.81. The minimum Gasteiger partial charge on any atom is -0.355 e. The maximum atomic E-state index is 13.9. The second-order valence-corrected chi connectivity index (χ2v) is 10.7. The van der Waals surface area contributed by atoms with Gasteiger partial charge in [-0.2, -0.15) is 4.31 Å². The number of halogens is 1. The number of carbonyl (C=O) groups excluding carboxylic acids is 1. The molecule has 3 aromatic rings. The van der Waals surface area contributed by atoms with Crippen molar-refractivity contribution in [3.63, 3.8) is 0 Å². The van der Waals surface area contributed by atoms with Crippen molar-refractivity contribution in [1.29, 1.82) is 0 Å². The van der Waals surface area contributed by atoms with Crippen LogP contribution in [0.5, 0.6) is 0 Å². The highest BCUT2D eigenvalue weighted by Crippen LogP contribution is 2.30. The molecular weight excluding hydrogens is 469 g/mol. The molecule has 184 valence electrons. The number of rotatable bonds is 6. The van der Waals surface area contributed by atoms with Crippen molar-refractivity contribution < 1.29 is 22.1 Å². The first-order chi connectivity index (χ1) is 16.7. The van der Waals surface area contributed by atoms with Crippen molar-refractivity contribution in [3.8, 4) is 0 Å². The van der Waals surface area contributed by atoms with Crippen molar-refractivity contribution in [3.05, 3.63) is 76.4 Å². The lowest BCUT2D eigenvalue weighted by atomic mass is 9.97. The third kappa shape index (κ3) is 5.36. The maximum Gasteiger partial charge on any atom is 0.248 e. The third-order valence-electron chi connectivity index (χ3n) is 6.23. The molecule has 9 heteroatoms. The number of benzene rings is 2. The second kappa shape index (κ2) is 10.1. The Kier molecular flexibility index (Phi) is 7.18. The van der Waals surface area contributed by atoms with Gasteiger partial charge in [0, 0.05) is 30.3 Å². The Balaban J connectivity index is 1.46.